The largest absolute Gasteiger partial charge is 0.383 e. The van der Waals surface area contributed by atoms with Crippen LogP contribution in [0.3, 0.4) is 0 Å². The van der Waals surface area contributed by atoms with Crippen molar-refractivity contribution >= 4 is 6.03 Å². The zero-order chi connectivity index (χ0) is 15.0. The molecule has 2 amide bonds. The molecule has 8 heteroatoms. The van der Waals surface area contributed by atoms with E-state index in [9.17, 15) is 4.79 Å². The first-order chi connectivity index (χ1) is 9.58. The quantitative estimate of drug-likeness (QED) is 0.732. The molecule has 0 radical (unpaired) electrons. The van der Waals surface area contributed by atoms with E-state index in [1.807, 2.05) is 11.5 Å². The number of carbonyl (C=O) groups excluding carboxylic acids is 1. The fourth-order valence-electron chi connectivity index (χ4n) is 1.67. The number of ether oxygens (including phenoxy) is 2. The fraction of sp³-hybridized carbons (Fsp3) is 0.750. The van der Waals surface area contributed by atoms with Crippen molar-refractivity contribution in [1.82, 2.24) is 25.0 Å². The Morgan fingerprint density at radius 2 is 2.25 bits per heavy atom. The number of rotatable bonds is 8. The maximum atomic E-state index is 12.0. The Hall–Kier alpha value is -1.67. The molecule has 0 aliphatic carbocycles. The predicted molar refractivity (Wildman–Crippen MR) is 73.2 cm³/mol. The van der Waals surface area contributed by atoms with Gasteiger partial charge in [-0.1, -0.05) is 0 Å². The molecule has 0 aliphatic heterocycles. The molecular weight excluding hydrogens is 262 g/mol. The van der Waals surface area contributed by atoms with Gasteiger partial charge < -0.3 is 24.3 Å². The molecule has 0 bridgehead atoms. The van der Waals surface area contributed by atoms with Gasteiger partial charge in [-0.05, 0) is 6.92 Å². The fourth-order valence-corrected chi connectivity index (χ4v) is 1.67. The summed E-state index contributed by atoms with van der Waals surface area (Å²) < 4.78 is 11.9. The lowest BCUT2D eigenvalue weighted by atomic mass is 10.4. The van der Waals surface area contributed by atoms with Gasteiger partial charge in [-0.15, -0.1) is 10.2 Å². The van der Waals surface area contributed by atoms with Gasteiger partial charge >= 0.3 is 6.03 Å². The topological polar surface area (TPSA) is 81.5 Å². The van der Waals surface area contributed by atoms with Gasteiger partial charge in [0.25, 0.3) is 0 Å². The maximum absolute atomic E-state index is 12.0. The Labute approximate surface area is 119 Å². The Bertz CT molecular complexity index is 410. The van der Waals surface area contributed by atoms with E-state index in [-0.39, 0.29) is 12.1 Å². The Balaban J connectivity index is 2.50. The minimum absolute atomic E-state index is 0.0405. The Kier molecular flexibility index (Phi) is 6.96. The van der Waals surface area contributed by atoms with Crippen LogP contribution < -0.4 is 5.32 Å². The van der Waals surface area contributed by atoms with E-state index in [4.69, 9.17) is 9.47 Å². The van der Waals surface area contributed by atoms with Crippen LogP contribution in [0, 0.1) is 0 Å². The highest BCUT2D eigenvalue weighted by Crippen LogP contribution is 2.01. The molecule has 20 heavy (non-hydrogen) atoms. The molecule has 1 N–H and O–H groups in total. The molecule has 1 aromatic rings. The van der Waals surface area contributed by atoms with Gasteiger partial charge in [-0.25, -0.2) is 4.79 Å². The normalized spacial score (nSPS) is 12.2. The third-order valence-electron chi connectivity index (χ3n) is 2.74. The summed E-state index contributed by atoms with van der Waals surface area (Å²) in [5, 5.41) is 10.7. The number of hydrogen-bond donors (Lipinski definition) is 1. The third-order valence-corrected chi connectivity index (χ3v) is 2.74. The average Bonchev–Trinajstić information content (AvgIpc) is 2.83. The summed E-state index contributed by atoms with van der Waals surface area (Å²) in [7, 11) is 4.95. The van der Waals surface area contributed by atoms with Crippen molar-refractivity contribution in [3.8, 4) is 0 Å². The van der Waals surface area contributed by atoms with Crippen molar-refractivity contribution in [2.45, 2.75) is 26.1 Å². The van der Waals surface area contributed by atoms with Crippen molar-refractivity contribution in [2.24, 2.45) is 0 Å². The van der Waals surface area contributed by atoms with Crippen molar-refractivity contribution < 1.29 is 14.3 Å². The minimum Gasteiger partial charge on any atom is -0.383 e. The van der Waals surface area contributed by atoms with Crippen LogP contribution in [0.25, 0.3) is 0 Å². The van der Waals surface area contributed by atoms with Crippen molar-refractivity contribution in [3.63, 3.8) is 0 Å². The van der Waals surface area contributed by atoms with Crippen LogP contribution >= 0.6 is 0 Å². The zero-order valence-electron chi connectivity index (χ0n) is 12.5. The van der Waals surface area contributed by atoms with Crippen LogP contribution in [0.1, 0.15) is 12.7 Å². The number of aromatic nitrogens is 3. The minimum atomic E-state index is -0.171. The third kappa shape index (κ3) is 5.14. The molecular formula is C12H23N5O3. The number of amides is 2. The standard InChI is InChI=1S/C12H23N5O3/c1-10(8-20-4)14-12(18)16(2)7-11-15-13-9-17(11)5-6-19-3/h9-10H,5-8H2,1-4H3,(H,14,18)/t10-/m0/s1. The second-order valence-electron chi connectivity index (χ2n) is 4.60. The summed E-state index contributed by atoms with van der Waals surface area (Å²) in [6.45, 7) is 3.98. The van der Waals surface area contributed by atoms with Gasteiger partial charge in [0.05, 0.1) is 25.8 Å². The molecule has 114 valence electrons. The number of nitrogens with zero attached hydrogens (tertiary/aromatic N) is 4. The molecule has 0 spiro atoms. The lowest BCUT2D eigenvalue weighted by molar-refractivity contribution is 0.161. The molecule has 1 atom stereocenters. The molecule has 0 aliphatic rings. The number of nitrogens with one attached hydrogen (secondary N) is 1. The molecule has 0 unspecified atom stereocenters. The van der Waals surface area contributed by atoms with Gasteiger partial charge in [0, 0.05) is 27.8 Å². The van der Waals surface area contributed by atoms with Gasteiger partial charge in [0.2, 0.25) is 0 Å². The van der Waals surface area contributed by atoms with Crippen molar-refractivity contribution in [3.05, 3.63) is 12.2 Å². The zero-order valence-corrected chi connectivity index (χ0v) is 12.5. The first-order valence-corrected chi connectivity index (χ1v) is 6.44. The second kappa shape index (κ2) is 8.49. The predicted octanol–water partition coefficient (Wildman–Crippen LogP) is 0.101. The molecule has 0 fully saturated rings. The lowest BCUT2D eigenvalue weighted by Gasteiger charge is -2.20. The van der Waals surface area contributed by atoms with Crippen LogP contribution in [0.5, 0.6) is 0 Å². The number of carbonyl (C=O) groups is 1. The van der Waals surface area contributed by atoms with E-state index in [0.717, 1.165) is 5.82 Å². The highest BCUT2D eigenvalue weighted by atomic mass is 16.5. The second-order valence-corrected chi connectivity index (χ2v) is 4.60. The monoisotopic (exact) mass is 285 g/mol. The average molecular weight is 285 g/mol. The highest BCUT2D eigenvalue weighted by molar-refractivity contribution is 5.74. The van der Waals surface area contributed by atoms with E-state index in [1.165, 1.54) is 0 Å². The summed E-state index contributed by atoms with van der Waals surface area (Å²) in [5.41, 5.74) is 0. The van der Waals surface area contributed by atoms with Gasteiger partial charge in [0.15, 0.2) is 5.82 Å². The number of methoxy groups -OCH3 is 2. The number of urea groups is 1. The van der Waals surface area contributed by atoms with Crippen LogP contribution in [-0.4, -0.2) is 66.2 Å². The number of hydrogen-bond acceptors (Lipinski definition) is 5. The summed E-state index contributed by atoms with van der Waals surface area (Å²) in [6, 6.07) is -0.211. The summed E-state index contributed by atoms with van der Waals surface area (Å²) in [4.78, 5) is 13.5. The van der Waals surface area contributed by atoms with Gasteiger partial charge in [-0.3, -0.25) is 0 Å². The highest BCUT2D eigenvalue weighted by Gasteiger charge is 2.14. The molecule has 1 heterocycles. The van der Waals surface area contributed by atoms with Crippen LogP contribution in [0.2, 0.25) is 0 Å². The first kappa shape index (κ1) is 16.4. The molecule has 0 saturated heterocycles. The summed E-state index contributed by atoms with van der Waals surface area (Å²) >= 11 is 0. The van der Waals surface area contributed by atoms with Crippen molar-refractivity contribution in [1.29, 1.82) is 0 Å². The molecule has 1 aromatic heterocycles. The lowest BCUT2D eigenvalue weighted by Crippen LogP contribution is -2.43. The van der Waals surface area contributed by atoms with Crippen LogP contribution in [0.15, 0.2) is 6.33 Å². The van der Waals surface area contributed by atoms with E-state index in [2.05, 4.69) is 15.5 Å². The Morgan fingerprint density at radius 3 is 2.90 bits per heavy atom. The van der Waals surface area contributed by atoms with Crippen molar-refractivity contribution in [2.75, 3.05) is 34.5 Å². The van der Waals surface area contributed by atoms with E-state index < -0.39 is 0 Å². The summed E-state index contributed by atoms with van der Waals surface area (Å²) in [5.74, 6) is 0.721. The van der Waals surface area contributed by atoms with Crippen LogP contribution in [0.4, 0.5) is 4.79 Å². The van der Waals surface area contributed by atoms with E-state index in [0.29, 0.717) is 26.3 Å². The first-order valence-electron chi connectivity index (χ1n) is 6.44. The molecule has 8 nitrogen and oxygen atoms in total. The SMILES string of the molecule is COCCn1cnnc1CN(C)C(=O)N[C@@H](C)COC. The molecule has 0 saturated carbocycles. The molecule has 1 rings (SSSR count). The van der Waals surface area contributed by atoms with Gasteiger partial charge in [0.1, 0.15) is 6.33 Å². The van der Waals surface area contributed by atoms with Crippen LogP contribution in [-0.2, 0) is 22.6 Å². The molecule has 0 aromatic carbocycles. The maximum Gasteiger partial charge on any atom is 0.317 e. The van der Waals surface area contributed by atoms with E-state index >= 15 is 0 Å². The Morgan fingerprint density at radius 1 is 1.50 bits per heavy atom. The smallest absolute Gasteiger partial charge is 0.317 e. The summed E-state index contributed by atoms with van der Waals surface area (Å²) in [6.07, 6.45) is 1.63. The van der Waals surface area contributed by atoms with E-state index in [1.54, 1.807) is 32.5 Å². The van der Waals surface area contributed by atoms with Gasteiger partial charge in [-0.2, -0.15) is 0 Å².